The van der Waals surface area contributed by atoms with Crippen molar-refractivity contribution in [3.05, 3.63) is 0 Å². The molecule has 0 spiro atoms. The maximum absolute atomic E-state index is 12.6. The lowest BCUT2D eigenvalue weighted by Crippen LogP contribution is -2.33. The van der Waals surface area contributed by atoms with Gasteiger partial charge in [0.1, 0.15) is 24.5 Å². The molecule has 0 saturated heterocycles. The molecule has 0 aromatic heterocycles. The van der Waals surface area contributed by atoms with E-state index >= 15 is 0 Å². The highest BCUT2D eigenvalue weighted by molar-refractivity contribution is 5.85. The summed E-state index contributed by atoms with van der Waals surface area (Å²) in [7, 11) is 0. The van der Waals surface area contributed by atoms with Crippen LogP contribution in [-0.4, -0.2) is 47.6 Å². The smallest absolute Gasteiger partial charge is 0.320 e. The van der Waals surface area contributed by atoms with Crippen molar-refractivity contribution in [2.45, 2.75) is 251 Å². The molecule has 8 heteroatoms. The van der Waals surface area contributed by atoms with E-state index in [9.17, 15) is 19.2 Å². The fourth-order valence-corrected chi connectivity index (χ4v) is 6.72. The Labute approximate surface area is 319 Å². The Kier molecular flexibility index (Phi) is 37.3. The molecule has 0 aromatic carbocycles. The minimum absolute atomic E-state index is 0.00842. The van der Waals surface area contributed by atoms with E-state index in [1.807, 2.05) is 0 Å². The summed E-state index contributed by atoms with van der Waals surface area (Å²) in [6.45, 7) is 4.42. The molecule has 3 N–H and O–H groups in total. The van der Waals surface area contributed by atoms with Crippen LogP contribution in [0.1, 0.15) is 239 Å². The number of Topliss-reactive ketones (excluding diaryl/α,β-unsaturated/α-hetero) is 1. The van der Waals surface area contributed by atoms with Crippen molar-refractivity contribution in [1.29, 1.82) is 0 Å². The van der Waals surface area contributed by atoms with Crippen molar-refractivity contribution in [1.82, 2.24) is 0 Å². The fourth-order valence-electron chi connectivity index (χ4n) is 6.72. The van der Waals surface area contributed by atoms with Gasteiger partial charge in [-0.1, -0.05) is 194 Å². The van der Waals surface area contributed by atoms with Crippen molar-refractivity contribution in [2.24, 2.45) is 5.73 Å². The molecule has 0 aromatic rings. The summed E-state index contributed by atoms with van der Waals surface area (Å²) in [5.41, 5.74) is 5.51. The normalized spacial score (nSPS) is 12.4. The molecule has 52 heavy (non-hydrogen) atoms. The van der Waals surface area contributed by atoms with Crippen molar-refractivity contribution in [3.8, 4) is 0 Å². The highest BCUT2D eigenvalue weighted by atomic mass is 16.6. The summed E-state index contributed by atoms with van der Waals surface area (Å²) in [6, 6.07) is -1.26. The largest absolute Gasteiger partial charge is 0.480 e. The molecule has 306 valence electrons. The van der Waals surface area contributed by atoms with E-state index in [1.54, 1.807) is 0 Å². The highest BCUT2D eigenvalue weighted by Crippen LogP contribution is 2.16. The van der Waals surface area contributed by atoms with Gasteiger partial charge in [-0.25, -0.2) is 0 Å². The number of ketones is 1. The van der Waals surface area contributed by atoms with Gasteiger partial charge in [0, 0.05) is 25.7 Å². The third kappa shape index (κ3) is 36.4. The number of rotatable bonds is 41. The van der Waals surface area contributed by atoms with Crippen molar-refractivity contribution in [3.63, 3.8) is 0 Å². The minimum atomic E-state index is -1.26. The molecular formula is C44H83NO7. The fraction of sp³-hybridized carbons (Fsp3) is 0.909. The van der Waals surface area contributed by atoms with Crippen LogP contribution >= 0.6 is 0 Å². The van der Waals surface area contributed by atoms with Crippen LogP contribution in [0.4, 0.5) is 0 Å². The molecule has 0 bridgehead atoms. The molecule has 2 unspecified atom stereocenters. The van der Waals surface area contributed by atoms with Crippen molar-refractivity contribution >= 4 is 23.7 Å². The lowest BCUT2D eigenvalue weighted by molar-refractivity contribution is -0.160. The van der Waals surface area contributed by atoms with Gasteiger partial charge < -0.3 is 20.3 Å². The predicted molar refractivity (Wildman–Crippen MR) is 214 cm³/mol. The molecule has 0 saturated carbocycles. The summed E-state index contributed by atoms with van der Waals surface area (Å²) in [5, 5.41) is 9.00. The molecule has 0 aliphatic rings. The second-order valence-corrected chi connectivity index (χ2v) is 15.4. The number of esters is 2. The first-order valence-corrected chi connectivity index (χ1v) is 22.1. The zero-order valence-corrected chi connectivity index (χ0v) is 34.1. The van der Waals surface area contributed by atoms with E-state index < -0.39 is 18.1 Å². The van der Waals surface area contributed by atoms with Gasteiger partial charge in [0.05, 0.1) is 0 Å². The zero-order valence-electron chi connectivity index (χ0n) is 34.1. The summed E-state index contributed by atoms with van der Waals surface area (Å²) in [6.07, 6.45) is 37.4. The Bertz CT molecular complexity index is 848. The zero-order chi connectivity index (χ0) is 38.3. The van der Waals surface area contributed by atoms with Crippen LogP contribution in [0, 0.1) is 0 Å². The van der Waals surface area contributed by atoms with Gasteiger partial charge in [-0.05, 0) is 19.3 Å². The summed E-state index contributed by atoms with van der Waals surface area (Å²) >= 11 is 0. The van der Waals surface area contributed by atoms with Crippen LogP contribution in [0.5, 0.6) is 0 Å². The van der Waals surface area contributed by atoms with Gasteiger partial charge in [-0.15, -0.1) is 0 Å². The molecular weight excluding hydrogens is 654 g/mol. The second kappa shape index (κ2) is 38.8. The van der Waals surface area contributed by atoms with E-state index in [4.69, 9.17) is 20.3 Å². The second-order valence-electron chi connectivity index (χ2n) is 15.4. The topological polar surface area (TPSA) is 133 Å². The molecule has 0 aliphatic heterocycles. The van der Waals surface area contributed by atoms with Crippen LogP contribution in [0.3, 0.4) is 0 Å². The number of nitrogens with two attached hydrogens (primary N) is 1. The van der Waals surface area contributed by atoms with Crippen molar-refractivity contribution < 1.29 is 33.8 Å². The summed E-state index contributed by atoms with van der Waals surface area (Å²) in [4.78, 5) is 48.4. The number of unbranched alkanes of at least 4 members (excludes halogenated alkanes) is 28. The van der Waals surface area contributed by atoms with Crippen LogP contribution < -0.4 is 5.73 Å². The van der Waals surface area contributed by atoms with Crippen molar-refractivity contribution in [2.75, 3.05) is 6.61 Å². The first-order chi connectivity index (χ1) is 25.3. The molecule has 0 amide bonds. The number of hydrogen-bond donors (Lipinski definition) is 2. The number of aliphatic carboxylic acids is 1. The maximum atomic E-state index is 12.6. The SMILES string of the molecule is CCCCCCCCCCCCCCCCCC(=O)OCC(CCC(=O)CC(N)C(=O)O)OC(=O)CCCCCCCCCCCCCCCCC. The Morgan fingerprint density at radius 3 is 1.15 bits per heavy atom. The predicted octanol–water partition coefficient (Wildman–Crippen LogP) is 12.1. The number of carboxylic acid groups (broad SMARTS) is 1. The summed E-state index contributed by atoms with van der Waals surface area (Å²) < 4.78 is 11.1. The van der Waals surface area contributed by atoms with Gasteiger partial charge in [-0.2, -0.15) is 0 Å². The molecule has 8 nitrogen and oxygen atoms in total. The van der Waals surface area contributed by atoms with Crippen LogP contribution in [0.25, 0.3) is 0 Å². The highest BCUT2D eigenvalue weighted by Gasteiger charge is 2.21. The number of ether oxygens (including phenoxy) is 2. The van der Waals surface area contributed by atoms with Gasteiger partial charge in [-0.3, -0.25) is 19.2 Å². The Balaban J connectivity index is 4.16. The van der Waals surface area contributed by atoms with E-state index in [2.05, 4.69) is 13.8 Å². The lowest BCUT2D eigenvalue weighted by Gasteiger charge is -2.18. The molecule has 2 atom stereocenters. The standard InChI is InChI=1S/C44H83NO7/c1-3-5-7-9-11-13-15-17-19-21-23-25-27-29-31-33-42(47)51-38-40(36-35-39(46)37-41(45)44(49)50)52-43(48)34-32-30-28-26-24-22-20-18-16-14-12-10-8-6-4-2/h40-41H,3-38,45H2,1-2H3,(H,49,50). The van der Waals surface area contributed by atoms with Gasteiger partial charge in [0.15, 0.2) is 0 Å². The van der Waals surface area contributed by atoms with E-state index in [1.165, 1.54) is 154 Å². The lowest BCUT2D eigenvalue weighted by atomic mass is 10.0. The van der Waals surface area contributed by atoms with E-state index in [0.717, 1.165) is 38.5 Å². The van der Waals surface area contributed by atoms with Gasteiger partial charge >= 0.3 is 17.9 Å². The number of carbonyl (C=O) groups is 4. The third-order valence-corrected chi connectivity index (χ3v) is 10.2. The molecule has 0 radical (unpaired) electrons. The number of carboxylic acids is 1. The molecule has 0 heterocycles. The first kappa shape index (κ1) is 50.0. The first-order valence-electron chi connectivity index (χ1n) is 22.1. The Morgan fingerprint density at radius 1 is 0.481 bits per heavy atom. The quantitative estimate of drug-likeness (QED) is 0.0468. The summed E-state index contributed by atoms with van der Waals surface area (Å²) in [5.74, 6) is -2.22. The van der Waals surface area contributed by atoms with E-state index in [0.29, 0.717) is 12.8 Å². The van der Waals surface area contributed by atoms with E-state index in [-0.39, 0.29) is 43.6 Å². The molecule has 0 rings (SSSR count). The minimum Gasteiger partial charge on any atom is -0.480 e. The maximum Gasteiger partial charge on any atom is 0.320 e. The van der Waals surface area contributed by atoms with Crippen LogP contribution in [0.2, 0.25) is 0 Å². The van der Waals surface area contributed by atoms with Gasteiger partial charge in [0.2, 0.25) is 0 Å². The Morgan fingerprint density at radius 2 is 0.808 bits per heavy atom. The number of carbonyl (C=O) groups excluding carboxylic acids is 3. The van der Waals surface area contributed by atoms with Gasteiger partial charge in [0.25, 0.3) is 0 Å². The average Bonchev–Trinajstić information content (AvgIpc) is 3.12. The Hall–Kier alpha value is -1.96. The van der Waals surface area contributed by atoms with Crippen LogP contribution in [0.15, 0.2) is 0 Å². The monoisotopic (exact) mass is 738 g/mol. The molecule has 0 fully saturated rings. The van der Waals surface area contributed by atoms with Crippen LogP contribution in [-0.2, 0) is 28.7 Å². The molecule has 0 aliphatic carbocycles. The number of hydrogen-bond acceptors (Lipinski definition) is 7. The average molecular weight is 738 g/mol. The third-order valence-electron chi connectivity index (χ3n) is 10.2.